The van der Waals surface area contributed by atoms with E-state index >= 15 is 0 Å². The summed E-state index contributed by atoms with van der Waals surface area (Å²) in [5, 5.41) is 11.3. The van der Waals surface area contributed by atoms with Gasteiger partial charge in [0.2, 0.25) is 0 Å². The molecule has 0 saturated carbocycles. The van der Waals surface area contributed by atoms with Crippen molar-refractivity contribution in [3.05, 3.63) is 59.2 Å². The summed E-state index contributed by atoms with van der Waals surface area (Å²) < 4.78 is 16.9. The highest BCUT2D eigenvalue weighted by molar-refractivity contribution is 6.46. The average molecular weight is 511 g/mol. The van der Waals surface area contributed by atoms with Crippen molar-refractivity contribution in [2.45, 2.75) is 40.2 Å². The first-order valence-corrected chi connectivity index (χ1v) is 12.9. The molecule has 1 unspecified atom stereocenters. The van der Waals surface area contributed by atoms with E-state index < -0.39 is 17.7 Å². The van der Waals surface area contributed by atoms with Crippen LogP contribution in [0.5, 0.6) is 17.2 Å². The van der Waals surface area contributed by atoms with E-state index in [4.69, 9.17) is 14.2 Å². The molecule has 8 heteroatoms. The third-order valence-electron chi connectivity index (χ3n) is 6.50. The first-order chi connectivity index (χ1) is 17.9. The summed E-state index contributed by atoms with van der Waals surface area (Å²) in [5.74, 6) is 0.200. The molecule has 0 bridgehead atoms. The van der Waals surface area contributed by atoms with Crippen LogP contribution in [0.3, 0.4) is 0 Å². The highest BCUT2D eigenvalue weighted by Gasteiger charge is 2.46. The largest absolute Gasteiger partial charge is 0.507 e. The Hall–Kier alpha value is -3.52. The lowest BCUT2D eigenvalue weighted by molar-refractivity contribution is -0.140. The van der Waals surface area contributed by atoms with E-state index in [1.54, 1.807) is 48.4 Å². The number of nitrogens with zero attached hydrogens (tertiary/aromatic N) is 2. The molecular formula is C29H38N2O6. The number of hydrogen-bond donors (Lipinski definition) is 1. The lowest BCUT2D eigenvalue weighted by Crippen LogP contribution is -2.38. The number of rotatable bonds is 13. The van der Waals surface area contributed by atoms with Gasteiger partial charge in [0.15, 0.2) is 11.5 Å². The highest BCUT2D eigenvalue weighted by Crippen LogP contribution is 2.42. The maximum absolute atomic E-state index is 13.3. The lowest BCUT2D eigenvalue weighted by atomic mass is 9.95. The Morgan fingerprint density at radius 2 is 1.68 bits per heavy atom. The quantitative estimate of drug-likeness (QED) is 0.238. The summed E-state index contributed by atoms with van der Waals surface area (Å²) in [7, 11) is 1.56. The number of aliphatic hydroxyl groups is 1. The SMILES string of the molecule is CCCOc1ccc(C2/C(=C(\O)c3ccc(OC)cc3)C(=O)C(=O)N2CCN(CC)CC)cc1OCC. The number of likely N-dealkylation sites (tertiary alicyclic amines) is 1. The van der Waals surface area contributed by atoms with Crippen LogP contribution < -0.4 is 14.2 Å². The van der Waals surface area contributed by atoms with Crippen molar-refractivity contribution in [3.8, 4) is 17.2 Å². The highest BCUT2D eigenvalue weighted by atomic mass is 16.5. The number of likely N-dealkylation sites (N-methyl/N-ethyl adjacent to an activating group) is 1. The predicted octanol–water partition coefficient (Wildman–Crippen LogP) is 4.65. The normalized spacial score (nSPS) is 16.9. The maximum atomic E-state index is 13.3. The number of hydrogen-bond acceptors (Lipinski definition) is 7. The zero-order valence-corrected chi connectivity index (χ0v) is 22.5. The molecule has 1 aliphatic rings. The van der Waals surface area contributed by atoms with Gasteiger partial charge in [-0.1, -0.05) is 26.8 Å². The van der Waals surface area contributed by atoms with Gasteiger partial charge in [-0.2, -0.15) is 0 Å². The predicted molar refractivity (Wildman–Crippen MR) is 143 cm³/mol. The molecule has 1 atom stereocenters. The molecule has 0 radical (unpaired) electrons. The molecule has 1 heterocycles. The molecule has 1 N–H and O–H groups in total. The Bertz CT molecular complexity index is 1110. The minimum absolute atomic E-state index is 0.0550. The first-order valence-electron chi connectivity index (χ1n) is 12.9. The molecule has 1 saturated heterocycles. The fourth-order valence-corrected chi connectivity index (χ4v) is 4.44. The third kappa shape index (κ3) is 6.25. The van der Waals surface area contributed by atoms with Crippen molar-refractivity contribution in [3.63, 3.8) is 0 Å². The van der Waals surface area contributed by atoms with Crippen LogP contribution in [0.1, 0.15) is 51.3 Å². The van der Waals surface area contributed by atoms with Crippen LogP contribution in [0.15, 0.2) is 48.0 Å². The molecule has 0 aromatic heterocycles. The summed E-state index contributed by atoms with van der Waals surface area (Å²) in [4.78, 5) is 30.4. The topological polar surface area (TPSA) is 88.5 Å². The van der Waals surface area contributed by atoms with Gasteiger partial charge in [0.05, 0.1) is 31.9 Å². The minimum Gasteiger partial charge on any atom is -0.507 e. The Morgan fingerprint density at radius 1 is 0.973 bits per heavy atom. The van der Waals surface area contributed by atoms with Crippen LogP contribution in [0.4, 0.5) is 0 Å². The van der Waals surface area contributed by atoms with E-state index in [1.165, 1.54) is 0 Å². The van der Waals surface area contributed by atoms with Crippen LogP contribution in [-0.2, 0) is 9.59 Å². The summed E-state index contributed by atoms with van der Waals surface area (Å²) in [5.41, 5.74) is 1.15. The molecule has 1 fully saturated rings. The number of carbonyl (C=O) groups excluding carboxylic acids is 2. The Morgan fingerprint density at radius 3 is 2.27 bits per heavy atom. The number of methoxy groups -OCH3 is 1. The second-order valence-electron chi connectivity index (χ2n) is 8.74. The van der Waals surface area contributed by atoms with E-state index in [1.807, 2.05) is 19.9 Å². The van der Waals surface area contributed by atoms with Gasteiger partial charge in [-0.25, -0.2) is 0 Å². The second kappa shape index (κ2) is 13.1. The molecule has 2 aromatic carbocycles. The number of benzene rings is 2. The van der Waals surface area contributed by atoms with Crippen molar-refractivity contribution >= 4 is 17.4 Å². The Kier molecular flexibility index (Phi) is 9.97. The van der Waals surface area contributed by atoms with Crippen LogP contribution >= 0.6 is 0 Å². The molecule has 1 amide bonds. The van der Waals surface area contributed by atoms with E-state index in [-0.39, 0.29) is 11.3 Å². The molecule has 200 valence electrons. The van der Waals surface area contributed by atoms with Crippen molar-refractivity contribution < 1.29 is 28.9 Å². The first kappa shape index (κ1) is 28.1. The number of carbonyl (C=O) groups is 2. The molecular weight excluding hydrogens is 472 g/mol. The third-order valence-corrected chi connectivity index (χ3v) is 6.50. The van der Waals surface area contributed by atoms with Gasteiger partial charge in [-0.05, 0) is 68.4 Å². The second-order valence-corrected chi connectivity index (χ2v) is 8.74. The van der Waals surface area contributed by atoms with Crippen LogP contribution in [-0.4, -0.2) is 73.1 Å². The summed E-state index contributed by atoms with van der Waals surface area (Å²) >= 11 is 0. The van der Waals surface area contributed by atoms with E-state index in [0.717, 1.165) is 19.5 Å². The number of ether oxygens (including phenoxy) is 3. The molecule has 0 spiro atoms. The van der Waals surface area contributed by atoms with Crippen LogP contribution in [0.2, 0.25) is 0 Å². The minimum atomic E-state index is -0.767. The van der Waals surface area contributed by atoms with Gasteiger partial charge >= 0.3 is 0 Å². The number of ketones is 1. The molecule has 1 aliphatic heterocycles. The summed E-state index contributed by atoms with van der Waals surface area (Å²) in [6.45, 7) is 11.6. The summed E-state index contributed by atoms with van der Waals surface area (Å²) in [6, 6.07) is 11.4. The van der Waals surface area contributed by atoms with E-state index in [9.17, 15) is 14.7 Å². The zero-order valence-electron chi connectivity index (χ0n) is 22.5. The Balaban J connectivity index is 2.13. The van der Waals surface area contributed by atoms with Crippen molar-refractivity contribution in [2.24, 2.45) is 0 Å². The van der Waals surface area contributed by atoms with Gasteiger partial charge in [-0.3, -0.25) is 9.59 Å². The Labute approximate surface area is 219 Å². The van der Waals surface area contributed by atoms with E-state index in [0.29, 0.717) is 54.7 Å². The molecule has 8 nitrogen and oxygen atoms in total. The van der Waals surface area contributed by atoms with Gasteiger partial charge in [0.25, 0.3) is 11.7 Å². The average Bonchev–Trinajstić information content (AvgIpc) is 3.17. The van der Waals surface area contributed by atoms with Crippen molar-refractivity contribution in [1.82, 2.24) is 9.80 Å². The monoisotopic (exact) mass is 510 g/mol. The molecule has 3 rings (SSSR count). The number of Topliss-reactive ketones (excluding diaryl/α,β-unsaturated/α-hetero) is 1. The van der Waals surface area contributed by atoms with Gasteiger partial charge in [0, 0.05) is 18.7 Å². The fourth-order valence-electron chi connectivity index (χ4n) is 4.44. The van der Waals surface area contributed by atoms with Crippen molar-refractivity contribution in [2.75, 3.05) is 46.5 Å². The number of aliphatic hydroxyl groups excluding tert-OH is 1. The molecule has 0 aliphatic carbocycles. The molecule has 37 heavy (non-hydrogen) atoms. The van der Waals surface area contributed by atoms with Crippen LogP contribution in [0.25, 0.3) is 5.76 Å². The van der Waals surface area contributed by atoms with Crippen LogP contribution in [0, 0.1) is 0 Å². The molecule has 2 aromatic rings. The zero-order chi connectivity index (χ0) is 26.9. The van der Waals surface area contributed by atoms with Gasteiger partial charge in [-0.15, -0.1) is 0 Å². The summed E-state index contributed by atoms with van der Waals surface area (Å²) in [6.07, 6.45) is 0.848. The van der Waals surface area contributed by atoms with Gasteiger partial charge in [0.1, 0.15) is 11.5 Å². The smallest absolute Gasteiger partial charge is 0.295 e. The number of amides is 1. The maximum Gasteiger partial charge on any atom is 0.295 e. The van der Waals surface area contributed by atoms with Crippen molar-refractivity contribution in [1.29, 1.82) is 0 Å². The van der Waals surface area contributed by atoms with Gasteiger partial charge < -0.3 is 29.1 Å². The van der Waals surface area contributed by atoms with E-state index in [2.05, 4.69) is 18.7 Å². The standard InChI is InChI=1S/C29H38N2O6/c1-6-18-37-23-15-12-21(19-24(23)36-9-4)26-25(27(32)20-10-13-22(35-5)14-11-20)28(33)29(34)31(26)17-16-30(7-2)8-3/h10-15,19,26,32H,6-9,16-18H2,1-5H3/b27-25+. The lowest BCUT2D eigenvalue weighted by Gasteiger charge is -2.28. The fraction of sp³-hybridized carbons (Fsp3) is 0.448.